The van der Waals surface area contributed by atoms with Gasteiger partial charge in [0.2, 0.25) is 0 Å². The van der Waals surface area contributed by atoms with Crippen molar-refractivity contribution in [2.75, 3.05) is 14.1 Å². The molecular weight excluding hydrogens is 178 g/mol. The molecule has 7 heteroatoms. The Morgan fingerprint density at radius 2 is 1.54 bits per heavy atom. The third-order valence-electron chi connectivity index (χ3n) is 1.86. The molecule has 0 aliphatic carbocycles. The number of carbonyl (C=O) groups is 3. The van der Waals surface area contributed by atoms with E-state index in [0.29, 0.717) is 0 Å². The van der Waals surface area contributed by atoms with Gasteiger partial charge in [-0.15, -0.1) is 0 Å². The molecule has 0 saturated carbocycles. The molecule has 72 valence electrons. The topological polar surface area (TPSA) is 90.0 Å². The fourth-order valence-corrected chi connectivity index (χ4v) is 1.02. The highest BCUT2D eigenvalue weighted by Gasteiger charge is 2.42. The first-order valence-corrected chi connectivity index (χ1v) is 3.49. The van der Waals surface area contributed by atoms with Crippen molar-refractivity contribution in [1.29, 1.82) is 0 Å². The monoisotopic (exact) mass is 187 g/mol. The summed E-state index contributed by atoms with van der Waals surface area (Å²) in [7, 11) is 2.47. The van der Waals surface area contributed by atoms with Crippen molar-refractivity contribution in [3.8, 4) is 0 Å². The second-order valence-electron chi connectivity index (χ2n) is 2.64. The number of nitrogens with one attached hydrogen (secondary N) is 1. The van der Waals surface area contributed by atoms with Crippen molar-refractivity contribution in [3.05, 3.63) is 0 Å². The van der Waals surface area contributed by atoms with Crippen molar-refractivity contribution in [3.63, 3.8) is 0 Å². The van der Waals surface area contributed by atoms with Crippen molar-refractivity contribution >= 4 is 17.8 Å². The molecule has 0 bridgehead atoms. The van der Waals surface area contributed by atoms with Crippen LogP contribution in [0.15, 0.2) is 0 Å². The summed E-state index contributed by atoms with van der Waals surface area (Å²) in [6.07, 6.45) is 0. The summed E-state index contributed by atoms with van der Waals surface area (Å²) >= 11 is 0. The number of hydrogen-bond donors (Lipinski definition) is 2. The van der Waals surface area contributed by atoms with Gasteiger partial charge < -0.3 is 5.21 Å². The summed E-state index contributed by atoms with van der Waals surface area (Å²) in [6.45, 7) is 0. The average molecular weight is 187 g/mol. The molecule has 0 spiro atoms. The molecule has 1 saturated heterocycles. The van der Waals surface area contributed by atoms with Gasteiger partial charge in [-0.25, -0.2) is 4.79 Å². The number of carbonyl (C=O) groups excluding carboxylic acids is 3. The van der Waals surface area contributed by atoms with Gasteiger partial charge in [0, 0.05) is 14.1 Å². The molecule has 0 aromatic rings. The zero-order valence-corrected chi connectivity index (χ0v) is 7.14. The molecule has 0 atom stereocenters. The molecule has 0 aromatic carbocycles. The van der Waals surface area contributed by atoms with Gasteiger partial charge in [0.25, 0.3) is 11.8 Å². The van der Waals surface area contributed by atoms with Gasteiger partial charge >= 0.3 is 6.03 Å². The first kappa shape index (κ1) is 9.62. The van der Waals surface area contributed by atoms with E-state index in [-0.39, 0.29) is 0 Å². The maximum Gasteiger partial charge on any atom is 0.332 e. The number of hydroxylamine groups is 1. The Labute approximate surface area is 73.9 Å². The molecular formula is C6H9N3O4. The maximum atomic E-state index is 11.2. The van der Waals surface area contributed by atoms with Gasteiger partial charge in [-0.2, -0.15) is 5.48 Å². The Balaban J connectivity index is 2.99. The highest BCUT2D eigenvalue weighted by Crippen LogP contribution is 2.08. The van der Waals surface area contributed by atoms with Crippen LogP contribution in [0.1, 0.15) is 0 Å². The van der Waals surface area contributed by atoms with Crippen molar-refractivity contribution < 1.29 is 19.6 Å². The Morgan fingerprint density at radius 3 is 1.85 bits per heavy atom. The molecule has 2 N–H and O–H groups in total. The number of barbiturate groups is 1. The quantitative estimate of drug-likeness (QED) is 0.380. The fourth-order valence-electron chi connectivity index (χ4n) is 1.02. The number of urea groups is 1. The Hall–Kier alpha value is -1.47. The first-order chi connectivity index (χ1) is 6.00. The van der Waals surface area contributed by atoms with E-state index in [1.807, 2.05) is 0 Å². The third kappa shape index (κ3) is 1.27. The van der Waals surface area contributed by atoms with E-state index < -0.39 is 23.9 Å². The van der Waals surface area contributed by atoms with E-state index in [2.05, 4.69) is 0 Å². The Morgan fingerprint density at radius 1 is 1.15 bits per heavy atom. The Bertz CT molecular complexity index is 253. The highest BCUT2D eigenvalue weighted by atomic mass is 16.5. The van der Waals surface area contributed by atoms with Crippen LogP contribution in [-0.2, 0) is 9.59 Å². The third-order valence-corrected chi connectivity index (χ3v) is 1.86. The molecule has 1 heterocycles. The Kier molecular flexibility index (Phi) is 2.30. The van der Waals surface area contributed by atoms with E-state index >= 15 is 0 Å². The summed E-state index contributed by atoms with van der Waals surface area (Å²) in [6, 6.07) is -2.09. The zero-order chi connectivity index (χ0) is 10.2. The standard InChI is InChI=1S/C6H9N3O4/c1-8-4(10)3(7-13)5(11)9(2)6(8)12/h3,7,13H,1-2H3. The van der Waals surface area contributed by atoms with E-state index in [9.17, 15) is 14.4 Å². The predicted molar refractivity (Wildman–Crippen MR) is 39.6 cm³/mol. The second-order valence-corrected chi connectivity index (χ2v) is 2.64. The lowest BCUT2D eigenvalue weighted by Crippen LogP contribution is -2.63. The van der Waals surface area contributed by atoms with E-state index in [1.54, 1.807) is 5.48 Å². The molecule has 13 heavy (non-hydrogen) atoms. The number of nitrogens with zero attached hydrogens (tertiary/aromatic N) is 2. The summed E-state index contributed by atoms with van der Waals surface area (Å²) in [5, 5.41) is 8.50. The largest absolute Gasteiger partial charge is 0.332 e. The predicted octanol–water partition coefficient (Wildman–Crippen LogP) is -1.62. The van der Waals surface area contributed by atoms with Crippen LogP contribution in [0.2, 0.25) is 0 Å². The van der Waals surface area contributed by atoms with Crippen LogP contribution in [-0.4, -0.2) is 53.0 Å². The lowest BCUT2D eigenvalue weighted by molar-refractivity contribution is -0.148. The minimum atomic E-state index is -1.38. The molecule has 4 amide bonds. The van der Waals surface area contributed by atoms with Gasteiger partial charge in [0.1, 0.15) is 0 Å². The van der Waals surface area contributed by atoms with Crippen LogP contribution >= 0.6 is 0 Å². The molecule has 1 rings (SSSR count). The van der Waals surface area contributed by atoms with Crippen LogP contribution in [0.25, 0.3) is 0 Å². The fraction of sp³-hybridized carbons (Fsp3) is 0.500. The van der Waals surface area contributed by atoms with Gasteiger partial charge in [-0.3, -0.25) is 19.4 Å². The number of hydrogen-bond acceptors (Lipinski definition) is 5. The molecule has 0 unspecified atom stereocenters. The highest BCUT2D eigenvalue weighted by molar-refractivity contribution is 6.18. The number of imide groups is 2. The van der Waals surface area contributed by atoms with Crippen LogP contribution in [0.5, 0.6) is 0 Å². The second kappa shape index (κ2) is 3.11. The van der Waals surface area contributed by atoms with Gasteiger partial charge in [-0.05, 0) is 0 Å². The minimum absolute atomic E-state index is 0.707. The lowest BCUT2D eigenvalue weighted by atomic mass is 10.2. The van der Waals surface area contributed by atoms with E-state index in [1.165, 1.54) is 14.1 Å². The van der Waals surface area contributed by atoms with Gasteiger partial charge in [0.05, 0.1) is 0 Å². The molecule has 7 nitrogen and oxygen atoms in total. The van der Waals surface area contributed by atoms with Crippen LogP contribution in [0.3, 0.4) is 0 Å². The zero-order valence-electron chi connectivity index (χ0n) is 7.14. The van der Waals surface area contributed by atoms with Crippen LogP contribution in [0.4, 0.5) is 4.79 Å². The molecule has 1 fully saturated rings. The normalized spacial score (nSPS) is 20.1. The van der Waals surface area contributed by atoms with Gasteiger partial charge in [-0.1, -0.05) is 0 Å². The molecule has 0 aromatic heterocycles. The van der Waals surface area contributed by atoms with Crippen LogP contribution in [0, 0.1) is 0 Å². The van der Waals surface area contributed by atoms with E-state index in [0.717, 1.165) is 9.80 Å². The summed E-state index contributed by atoms with van der Waals surface area (Å²) in [5.41, 5.74) is 1.55. The summed E-state index contributed by atoms with van der Waals surface area (Å²) in [5.74, 6) is -1.54. The van der Waals surface area contributed by atoms with Crippen molar-refractivity contribution in [1.82, 2.24) is 15.3 Å². The molecule has 0 radical (unpaired) electrons. The van der Waals surface area contributed by atoms with Crippen molar-refractivity contribution in [2.24, 2.45) is 0 Å². The van der Waals surface area contributed by atoms with Crippen molar-refractivity contribution in [2.45, 2.75) is 6.04 Å². The molecule has 1 aliphatic rings. The van der Waals surface area contributed by atoms with Gasteiger partial charge in [0.15, 0.2) is 6.04 Å². The summed E-state index contributed by atoms with van der Waals surface area (Å²) in [4.78, 5) is 34.9. The average Bonchev–Trinajstić information content (AvgIpc) is 2.13. The SMILES string of the molecule is CN1C(=O)C(NO)C(=O)N(C)C1=O. The number of likely N-dealkylation sites (N-methyl/N-ethyl adjacent to an activating group) is 2. The maximum absolute atomic E-state index is 11.2. The van der Waals surface area contributed by atoms with E-state index in [4.69, 9.17) is 5.21 Å². The number of amides is 4. The molecule has 1 aliphatic heterocycles. The first-order valence-electron chi connectivity index (χ1n) is 3.49. The number of rotatable bonds is 1. The minimum Gasteiger partial charge on any atom is -0.316 e. The van der Waals surface area contributed by atoms with Crippen LogP contribution < -0.4 is 5.48 Å². The smallest absolute Gasteiger partial charge is 0.316 e. The lowest BCUT2D eigenvalue weighted by Gasteiger charge is -2.31. The summed E-state index contributed by atoms with van der Waals surface area (Å²) < 4.78 is 0.